The maximum absolute atomic E-state index is 15.6. The van der Waals surface area contributed by atoms with E-state index >= 15 is 4.39 Å². The molecule has 0 aliphatic carbocycles. The summed E-state index contributed by atoms with van der Waals surface area (Å²) in [4.78, 5) is 28.3. The highest BCUT2D eigenvalue weighted by Gasteiger charge is 2.37. The first kappa shape index (κ1) is 28.8. The first-order valence-corrected chi connectivity index (χ1v) is 14.2. The first-order valence-electron chi connectivity index (χ1n) is 14.2. The van der Waals surface area contributed by atoms with E-state index in [0.29, 0.717) is 53.8 Å². The molecule has 2 aliphatic heterocycles. The maximum Gasteiger partial charge on any atom is 0.337 e. The van der Waals surface area contributed by atoms with Crippen LogP contribution in [-0.2, 0) is 22.4 Å². The zero-order chi connectivity index (χ0) is 29.8. The summed E-state index contributed by atoms with van der Waals surface area (Å²) in [7, 11) is 0. The predicted molar refractivity (Wildman–Crippen MR) is 158 cm³/mol. The normalized spacial score (nSPS) is 15.3. The number of nitrogens with zero attached hydrogens (tertiary/aromatic N) is 1. The summed E-state index contributed by atoms with van der Waals surface area (Å²) in [6.45, 7) is 14.1. The summed E-state index contributed by atoms with van der Waals surface area (Å²) in [5, 5.41) is 10.4. The van der Waals surface area contributed by atoms with Crippen LogP contribution in [0.25, 0.3) is 11.1 Å². The number of aryl methyl sites for hydroxylation is 3. The number of aliphatic carboxylic acids is 1. The lowest BCUT2D eigenvalue weighted by Crippen LogP contribution is -2.30. The van der Waals surface area contributed by atoms with Crippen molar-refractivity contribution in [3.8, 4) is 16.9 Å². The van der Waals surface area contributed by atoms with Crippen molar-refractivity contribution in [1.29, 1.82) is 0 Å². The number of hydrogen-bond donors (Lipinski definition) is 1. The number of carbonyl (C=O) groups excluding carboxylic acids is 1. The van der Waals surface area contributed by atoms with Crippen molar-refractivity contribution in [2.45, 2.75) is 79.4 Å². The number of carbonyl (C=O) groups is 2. The van der Waals surface area contributed by atoms with Crippen LogP contribution >= 0.6 is 0 Å². The van der Waals surface area contributed by atoms with Gasteiger partial charge in [-0.1, -0.05) is 17.2 Å². The monoisotopic (exact) mass is 559 g/mol. The van der Waals surface area contributed by atoms with Crippen molar-refractivity contribution in [2.24, 2.45) is 0 Å². The average molecular weight is 560 g/mol. The molecule has 0 saturated heterocycles. The van der Waals surface area contributed by atoms with E-state index in [1.807, 2.05) is 72.7 Å². The summed E-state index contributed by atoms with van der Waals surface area (Å²) < 4.78 is 27.4. The van der Waals surface area contributed by atoms with E-state index in [4.69, 9.17) is 9.47 Å². The molecule has 6 nitrogen and oxygen atoms in total. The summed E-state index contributed by atoms with van der Waals surface area (Å²) >= 11 is 0. The first-order chi connectivity index (χ1) is 19.3. The van der Waals surface area contributed by atoms with E-state index in [2.05, 4.69) is 0 Å². The van der Waals surface area contributed by atoms with E-state index in [1.165, 1.54) is 6.07 Å². The second kappa shape index (κ2) is 10.6. The fourth-order valence-electron chi connectivity index (χ4n) is 6.31. The van der Waals surface area contributed by atoms with Gasteiger partial charge in [0.15, 0.2) is 17.7 Å². The van der Waals surface area contributed by atoms with Crippen molar-refractivity contribution >= 4 is 17.6 Å². The molecule has 0 bridgehead atoms. The molecule has 0 saturated carbocycles. The van der Waals surface area contributed by atoms with Crippen molar-refractivity contribution in [3.63, 3.8) is 0 Å². The predicted octanol–water partition coefficient (Wildman–Crippen LogP) is 7.20. The van der Waals surface area contributed by atoms with Crippen LogP contribution in [0.1, 0.15) is 82.6 Å². The molecule has 5 rings (SSSR count). The molecule has 2 heterocycles. The van der Waals surface area contributed by atoms with Gasteiger partial charge in [-0.3, -0.25) is 4.79 Å². The number of anilines is 1. The Labute approximate surface area is 241 Å². The number of halogens is 1. The van der Waals surface area contributed by atoms with E-state index in [9.17, 15) is 14.7 Å². The molecule has 0 unspecified atom stereocenters. The van der Waals surface area contributed by atoms with Crippen LogP contribution in [0.5, 0.6) is 5.75 Å². The van der Waals surface area contributed by atoms with Gasteiger partial charge in [-0.05, 0) is 120 Å². The second-order valence-electron chi connectivity index (χ2n) is 12.3. The van der Waals surface area contributed by atoms with E-state index in [-0.39, 0.29) is 11.7 Å². The molecule has 0 spiro atoms. The molecule has 7 heteroatoms. The van der Waals surface area contributed by atoms with Crippen molar-refractivity contribution in [2.75, 3.05) is 18.1 Å². The molecule has 0 radical (unpaired) electrons. The Morgan fingerprint density at radius 1 is 1.00 bits per heavy atom. The van der Waals surface area contributed by atoms with Crippen LogP contribution < -0.4 is 9.64 Å². The van der Waals surface area contributed by atoms with Crippen molar-refractivity contribution < 1.29 is 28.6 Å². The maximum atomic E-state index is 15.6. The van der Waals surface area contributed by atoms with Gasteiger partial charge in [-0.15, -0.1) is 0 Å². The number of carboxylic acids is 1. The Balaban J connectivity index is 1.78. The van der Waals surface area contributed by atoms with Crippen LogP contribution in [0.3, 0.4) is 0 Å². The molecule has 2 aliphatic rings. The average Bonchev–Trinajstić information content (AvgIpc) is 3.30. The number of rotatable bonds is 5. The number of ether oxygens (including phenoxy) is 2. The molecule has 1 amide bonds. The zero-order valence-corrected chi connectivity index (χ0v) is 24.9. The minimum absolute atomic E-state index is 0.115. The SMILES string of the molecule is Cc1cc(C)cc(C(=O)N2CCc3c2cc(C)c([C@H](OC(C)(C)C)C(=O)O)c3-c2cc(F)c3c(c2C)CCCO3)c1. The van der Waals surface area contributed by atoms with E-state index in [1.54, 1.807) is 4.90 Å². The number of benzene rings is 3. The van der Waals surface area contributed by atoms with Crippen molar-refractivity contribution in [3.05, 3.63) is 80.7 Å². The van der Waals surface area contributed by atoms with Gasteiger partial charge in [-0.25, -0.2) is 9.18 Å². The van der Waals surface area contributed by atoms with E-state index < -0.39 is 23.5 Å². The molecule has 0 aromatic heterocycles. The minimum Gasteiger partial charge on any atom is -0.490 e. The highest BCUT2D eigenvalue weighted by molar-refractivity contribution is 6.08. The van der Waals surface area contributed by atoms with Crippen LogP contribution in [0.4, 0.5) is 10.1 Å². The summed E-state index contributed by atoms with van der Waals surface area (Å²) in [6, 6.07) is 9.15. The van der Waals surface area contributed by atoms with Crippen LogP contribution in [0.2, 0.25) is 0 Å². The molecular weight excluding hydrogens is 521 g/mol. The van der Waals surface area contributed by atoms with Crippen LogP contribution in [-0.4, -0.2) is 35.7 Å². The number of carboxylic acid groups (broad SMARTS) is 1. The standard InChI is InChI=1S/C34H38FNO5/c1-18-13-19(2)15-22(14-18)32(37)36-11-10-24-27(36)16-20(3)28(31(33(38)39)41-34(5,6)7)29(24)25-17-26(35)30-23(21(25)4)9-8-12-40-30/h13-17,31H,8-12H2,1-7H3,(H,38,39)/t31-/m0/s1. The number of fused-ring (bicyclic) bond motifs is 2. The molecule has 0 fully saturated rings. The largest absolute Gasteiger partial charge is 0.490 e. The lowest BCUT2D eigenvalue weighted by molar-refractivity contribution is -0.160. The fraction of sp³-hybridized carbons (Fsp3) is 0.412. The Morgan fingerprint density at radius 3 is 2.32 bits per heavy atom. The lowest BCUT2D eigenvalue weighted by Gasteiger charge is -2.30. The summed E-state index contributed by atoms with van der Waals surface area (Å²) in [6.07, 6.45) is 0.672. The highest BCUT2D eigenvalue weighted by atomic mass is 19.1. The highest BCUT2D eigenvalue weighted by Crippen LogP contribution is 2.47. The lowest BCUT2D eigenvalue weighted by atomic mass is 9.83. The van der Waals surface area contributed by atoms with Crippen LogP contribution in [0.15, 0.2) is 30.3 Å². The molecular formula is C34H38FNO5. The van der Waals surface area contributed by atoms with Gasteiger partial charge >= 0.3 is 5.97 Å². The van der Waals surface area contributed by atoms with Gasteiger partial charge in [-0.2, -0.15) is 0 Å². The summed E-state index contributed by atoms with van der Waals surface area (Å²) in [5.74, 6) is -1.43. The Morgan fingerprint density at radius 2 is 1.68 bits per heavy atom. The summed E-state index contributed by atoms with van der Waals surface area (Å²) in [5.41, 5.74) is 7.49. The van der Waals surface area contributed by atoms with Gasteiger partial charge in [0.2, 0.25) is 0 Å². The zero-order valence-electron chi connectivity index (χ0n) is 24.9. The fourth-order valence-corrected chi connectivity index (χ4v) is 6.31. The molecule has 1 N–H and O–H groups in total. The number of hydrogen-bond acceptors (Lipinski definition) is 4. The quantitative estimate of drug-likeness (QED) is 0.358. The van der Waals surface area contributed by atoms with Gasteiger partial charge in [0.05, 0.1) is 12.2 Å². The third-order valence-corrected chi connectivity index (χ3v) is 7.91. The minimum atomic E-state index is -1.28. The molecule has 216 valence electrons. The Kier molecular flexibility index (Phi) is 7.45. The smallest absolute Gasteiger partial charge is 0.337 e. The molecule has 41 heavy (non-hydrogen) atoms. The molecule has 3 aromatic rings. The van der Waals surface area contributed by atoms with Crippen molar-refractivity contribution in [1.82, 2.24) is 0 Å². The van der Waals surface area contributed by atoms with E-state index in [0.717, 1.165) is 39.9 Å². The Hall–Kier alpha value is -3.71. The van der Waals surface area contributed by atoms with Gasteiger partial charge in [0, 0.05) is 28.9 Å². The molecule has 1 atom stereocenters. The molecule has 3 aromatic carbocycles. The number of amides is 1. The van der Waals surface area contributed by atoms with Gasteiger partial charge in [0.1, 0.15) is 0 Å². The van der Waals surface area contributed by atoms with Gasteiger partial charge < -0.3 is 19.5 Å². The third-order valence-electron chi connectivity index (χ3n) is 7.91. The van der Waals surface area contributed by atoms with Crippen LogP contribution in [0, 0.1) is 33.5 Å². The van der Waals surface area contributed by atoms with Gasteiger partial charge in [0.25, 0.3) is 5.91 Å². The second-order valence-corrected chi connectivity index (χ2v) is 12.3. The Bertz CT molecular complexity index is 1550. The third kappa shape index (κ3) is 5.35. The topological polar surface area (TPSA) is 76.1 Å².